The van der Waals surface area contributed by atoms with Gasteiger partial charge in [0.2, 0.25) is 0 Å². The molecule has 0 aromatic heterocycles. The Hall–Kier alpha value is -1.10. The Morgan fingerprint density at radius 3 is 2.58 bits per heavy atom. The molecule has 1 unspecified atom stereocenters. The van der Waals surface area contributed by atoms with E-state index in [0.717, 1.165) is 18.7 Å². The summed E-state index contributed by atoms with van der Waals surface area (Å²) in [7, 11) is 1.71. The number of hydrogen-bond donors (Lipinski definition) is 1. The van der Waals surface area contributed by atoms with Crippen LogP contribution in [0.15, 0.2) is 30.3 Å². The van der Waals surface area contributed by atoms with Gasteiger partial charge in [-0.2, -0.15) is 0 Å². The largest absolute Gasteiger partial charge is 0.491 e. The molecule has 108 valence electrons. The molecular weight excluding hydrogens is 242 g/mol. The lowest BCUT2D eigenvalue weighted by molar-refractivity contribution is 0.0582. The van der Waals surface area contributed by atoms with Crippen LogP contribution in [0.2, 0.25) is 0 Å². The number of para-hydroxylation sites is 1. The fourth-order valence-corrected chi connectivity index (χ4v) is 1.68. The van der Waals surface area contributed by atoms with Crippen LogP contribution < -0.4 is 10.1 Å². The first-order chi connectivity index (χ1) is 9.36. The summed E-state index contributed by atoms with van der Waals surface area (Å²) in [6.07, 6.45) is 1.11. The van der Waals surface area contributed by atoms with Crippen LogP contribution in [0.5, 0.6) is 5.75 Å². The maximum atomic E-state index is 5.60. The summed E-state index contributed by atoms with van der Waals surface area (Å²) < 4.78 is 16.3. The van der Waals surface area contributed by atoms with Gasteiger partial charge in [0.15, 0.2) is 0 Å². The molecule has 0 aliphatic heterocycles. The third kappa shape index (κ3) is 7.82. The molecule has 0 radical (unpaired) electrons. The second kappa shape index (κ2) is 10.8. The molecule has 0 saturated heterocycles. The lowest BCUT2D eigenvalue weighted by Gasteiger charge is -2.17. The van der Waals surface area contributed by atoms with Crippen molar-refractivity contribution in [2.45, 2.75) is 19.4 Å². The van der Waals surface area contributed by atoms with Gasteiger partial charge in [0.05, 0.1) is 25.9 Å². The predicted octanol–water partition coefficient (Wildman–Crippen LogP) is 2.10. The van der Waals surface area contributed by atoms with E-state index >= 15 is 0 Å². The van der Waals surface area contributed by atoms with Crippen molar-refractivity contribution in [2.24, 2.45) is 0 Å². The predicted molar refractivity (Wildman–Crippen MR) is 76.7 cm³/mol. The van der Waals surface area contributed by atoms with Crippen LogP contribution in [0.3, 0.4) is 0 Å². The second-order valence-electron chi connectivity index (χ2n) is 4.34. The summed E-state index contributed by atoms with van der Waals surface area (Å²) in [5, 5.41) is 3.39. The van der Waals surface area contributed by atoms with Crippen LogP contribution in [0.25, 0.3) is 0 Å². The molecule has 1 atom stereocenters. The van der Waals surface area contributed by atoms with Gasteiger partial charge in [-0.15, -0.1) is 0 Å². The number of benzene rings is 1. The summed E-state index contributed by atoms with van der Waals surface area (Å²) in [6, 6.07) is 10.0. The first kappa shape index (κ1) is 16.0. The Labute approximate surface area is 116 Å². The van der Waals surface area contributed by atoms with Crippen molar-refractivity contribution < 1.29 is 14.2 Å². The molecule has 4 heteroatoms. The molecule has 4 nitrogen and oxygen atoms in total. The first-order valence-electron chi connectivity index (χ1n) is 6.84. The number of hydrogen-bond acceptors (Lipinski definition) is 4. The summed E-state index contributed by atoms with van der Waals surface area (Å²) in [5.41, 5.74) is 0. The van der Waals surface area contributed by atoms with Crippen molar-refractivity contribution in [1.82, 2.24) is 5.32 Å². The third-order valence-electron chi connectivity index (χ3n) is 2.61. The molecule has 1 N–H and O–H groups in total. The minimum absolute atomic E-state index is 0.252. The number of nitrogens with one attached hydrogen (secondary N) is 1. The van der Waals surface area contributed by atoms with Gasteiger partial charge in [-0.1, -0.05) is 25.1 Å². The van der Waals surface area contributed by atoms with E-state index in [4.69, 9.17) is 14.2 Å². The molecule has 0 spiro atoms. The molecular formula is C15H25NO3. The quantitative estimate of drug-likeness (QED) is 0.623. The Kier molecular flexibility index (Phi) is 9.06. The fraction of sp³-hybridized carbons (Fsp3) is 0.600. The molecule has 1 aromatic rings. The number of ether oxygens (including phenoxy) is 3. The summed E-state index contributed by atoms with van der Waals surface area (Å²) >= 11 is 0. The van der Waals surface area contributed by atoms with E-state index in [9.17, 15) is 0 Å². The number of methoxy groups -OCH3 is 1. The van der Waals surface area contributed by atoms with Gasteiger partial charge >= 0.3 is 0 Å². The average molecular weight is 267 g/mol. The van der Waals surface area contributed by atoms with Crippen LogP contribution in [0.1, 0.15) is 13.3 Å². The van der Waals surface area contributed by atoms with E-state index in [2.05, 4.69) is 12.2 Å². The van der Waals surface area contributed by atoms with E-state index < -0.39 is 0 Å². The van der Waals surface area contributed by atoms with Crippen molar-refractivity contribution >= 4 is 0 Å². The smallest absolute Gasteiger partial charge is 0.119 e. The maximum Gasteiger partial charge on any atom is 0.119 e. The minimum atomic E-state index is 0.252. The van der Waals surface area contributed by atoms with E-state index in [1.807, 2.05) is 30.3 Å². The molecule has 0 aliphatic carbocycles. The zero-order chi connectivity index (χ0) is 13.8. The molecule has 0 saturated carbocycles. The second-order valence-corrected chi connectivity index (χ2v) is 4.34. The van der Waals surface area contributed by atoms with E-state index in [1.165, 1.54) is 0 Å². The van der Waals surface area contributed by atoms with Crippen molar-refractivity contribution in [1.29, 1.82) is 0 Å². The van der Waals surface area contributed by atoms with Crippen molar-refractivity contribution in [3.8, 4) is 5.75 Å². The summed E-state index contributed by atoms with van der Waals surface area (Å²) in [4.78, 5) is 0. The number of rotatable bonds is 11. The minimum Gasteiger partial charge on any atom is -0.491 e. The van der Waals surface area contributed by atoms with Gasteiger partial charge in [0.25, 0.3) is 0 Å². The van der Waals surface area contributed by atoms with Crippen LogP contribution in [-0.2, 0) is 9.47 Å². The van der Waals surface area contributed by atoms with E-state index in [0.29, 0.717) is 26.4 Å². The van der Waals surface area contributed by atoms with Gasteiger partial charge in [-0.25, -0.2) is 0 Å². The fourth-order valence-electron chi connectivity index (χ4n) is 1.68. The molecule has 0 fully saturated rings. The van der Waals surface area contributed by atoms with Gasteiger partial charge in [-0.3, -0.25) is 0 Å². The molecule has 1 rings (SSSR count). The molecule has 19 heavy (non-hydrogen) atoms. The topological polar surface area (TPSA) is 39.7 Å². The zero-order valence-corrected chi connectivity index (χ0v) is 11.9. The highest BCUT2D eigenvalue weighted by Crippen LogP contribution is 2.07. The Morgan fingerprint density at radius 2 is 1.89 bits per heavy atom. The standard InChI is InChI=1S/C15H25NO3/c1-3-9-16-14(12-17-2)13-18-10-11-19-15-7-5-4-6-8-15/h4-8,14,16H,3,9-13H2,1-2H3. The average Bonchev–Trinajstić information content (AvgIpc) is 2.45. The molecule has 0 heterocycles. The van der Waals surface area contributed by atoms with Crippen LogP contribution in [-0.4, -0.2) is 46.1 Å². The highest BCUT2D eigenvalue weighted by Gasteiger charge is 2.06. The SMILES string of the molecule is CCCNC(COC)COCCOc1ccccc1. The van der Waals surface area contributed by atoms with Gasteiger partial charge in [0, 0.05) is 7.11 Å². The Balaban J connectivity index is 2.07. The highest BCUT2D eigenvalue weighted by molar-refractivity contribution is 5.20. The Morgan fingerprint density at radius 1 is 1.11 bits per heavy atom. The lowest BCUT2D eigenvalue weighted by Crippen LogP contribution is -2.38. The summed E-state index contributed by atoms with van der Waals surface area (Å²) in [5.74, 6) is 0.878. The lowest BCUT2D eigenvalue weighted by atomic mass is 10.3. The van der Waals surface area contributed by atoms with Crippen molar-refractivity contribution in [2.75, 3.05) is 40.1 Å². The highest BCUT2D eigenvalue weighted by atomic mass is 16.5. The molecule has 0 amide bonds. The van der Waals surface area contributed by atoms with Crippen LogP contribution in [0, 0.1) is 0 Å². The van der Waals surface area contributed by atoms with E-state index in [1.54, 1.807) is 7.11 Å². The summed E-state index contributed by atoms with van der Waals surface area (Å²) in [6.45, 7) is 5.59. The van der Waals surface area contributed by atoms with Gasteiger partial charge in [0.1, 0.15) is 12.4 Å². The first-order valence-corrected chi connectivity index (χ1v) is 6.84. The molecule has 1 aromatic carbocycles. The third-order valence-corrected chi connectivity index (χ3v) is 2.61. The normalized spacial score (nSPS) is 12.3. The maximum absolute atomic E-state index is 5.60. The van der Waals surface area contributed by atoms with Gasteiger partial charge in [-0.05, 0) is 25.1 Å². The molecule has 0 bridgehead atoms. The van der Waals surface area contributed by atoms with Gasteiger partial charge < -0.3 is 19.5 Å². The van der Waals surface area contributed by atoms with Crippen molar-refractivity contribution in [3.05, 3.63) is 30.3 Å². The molecule has 0 aliphatic rings. The van der Waals surface area contributed by atoms with Crippen LogP contribution >= 0.6 is 0 Å². The van der Waals surface area contributed by atoms with E-state index in [-0.39, 0.29) is 6.04 Å². The zero-order valence-electron chi connectivity index (χ0n) is 11.9. The van der Waals surface area contributed by atoms with Crippen LogP contribution in [0.4, 0.5) is 0 Å². The van der Waals surface area contributed by atoms with Crippen molar-refractivity contribution in [3.63, 3.8) is 0 Å². The monoisotopic (exact) mass is 267 g/mol. The Bertz CT molecular complexity index is 306.